The zero-order valence-electron chi connectivity index (χ0n) is 17.4. The Labute approximate surface area is 195 Å². The van der Waals surface area contributed by atoms with Crippen molar-refractivity contribution < 1.29 is 26.3 Å². The van der Waals surface area contributed by atoms with Crippen LogP contribution in [0.2, 0.25) is 0 Å². The Morgan fingerprint density at radius 2 is 1.03 bits per heavy atom. The topological polar surface area (TPSA) is 0 Å². The number of alkyl halides is 6. The van der Waals surface area contributed by atoms with E-state index in [0.29, 0.717) is 32.8 Å². The second-order valence-electron chi connectivity index (χ2n) is 7.66. The lowest BCUT2D eigenvalue weighted by Crippen LogP contribution is -2.52. The zero-order chi connectivity index (χ0) is 23.0. The van der Waals surface area contributed by atoms with Gasteiger partial charge in [0.05, 0.1) is 9.49 Å². The molecule has 0 N–H and O–H groups in total. The molecule has 0 nitrogen and oxygen atoms in total. The molecule has 0 radical (unpaired) electrons. The highest BCUT2D eigenvalue weighted by atomic mass is 32.2. The lowest BCUT2D eigenvalue weighted by molar-refractivity contribution is -0.258. The van der Waals surface area contributed by atoms with Crippen molar-refractivity contribution in [2.24, 2.45) is 0 Å². The van der Waals surface area contributed by atoms with Crippen LogP contribution in [0.1, 0.15) is 40.5 Å². The summed E-state index contributed by atoms with van der Waals surface area (Å²) in [7, 11) is 0. The van der Waals surface area contributed by atoms with Gasteiger partial charge in [-0.1, -0.05) is 27.7 Å². The van der Waals surface area contributed by atoms with E-state index < -0.39 is 38.4 Å². The molecule has 0 bridgehead atoms. The molecule has 172 valence electrons. The van der Waals surface area contributed by atoms with Crippen LogP contribution in [-0.2, 0) is 0 Å². The number of hydrogen-bond acceptors (Lipinski definition) is 4. The maximum Gasteiger partial charge on any atom is 0.380 e. The number of rotatable bonds is 6. The fourth-order valence-corrected chi connectivity index (χ4v) is 11.0. The first-order valence-corrected chi connectivity index (χ1v) is 13.7. The van der Waals surface area contributed by atoms with Crippen molar-refractivity contribution in [2.45, 2.75) is 67.8 Å². The van der Waals surface area contributed by atoms with E-state index in [1.807, 2.05) is 27.7 Å². The minimum absolute atomic E-state index is 0.0398. The van der Waals surface area contributed by atoms with Gasteiger partial charge in [0.25, 0.3) is 0 Å². The van der Waals surface area contributed by atoms with Gasteiger partial charge in [-0.25, -0.2) is 0 Å². The summed E-state index contributed by atoms with van der Waals surface area (Å²) in [4.78, 5) is 0. The highest BCUT2D eigenvalue weighted by Gasteiger charge is 2.84. The van der Waals surface area contributed by atoms with E-state index >= 15 is 17.6 Å². The molecule has 4 aliphatic rings. The van der Waals surface area contributed by atoms with E-state index in [2.05, 4.69) is 0 Å². The maximum atomic E-state index is 15.1. The van der Waals surface area contributed by atoms with E-state index in [0.717, 1.165) is 0 Å². The third kappa shape index (κ3) is 2.71. The summed E-state index contributed by atoms with van der Waals surface area (Å²) in [5, 5.41) is 0. The smallest absolute Gasteiger partial charge is 0.194 e. The maximum absolute atomic E-state index is 15.1. The third-order valence-electron chi connectivity index (χ3n) is 6.37. The predicted molar refractivity (Wildman–Crippen MR) is 123 cm³/mol. The summed E-state index contributed by atoms with van der Waals surface area (Å²) in [6, 6.07) is 0. The van der Waals surface area contributed by atoms with Crippen LogP contribution in [0, 0.1) is 0 Å². The average molecular weight is 517 g/mol. The van der Waals surface area contributed by atoms with E-state index in [4.69, 9.17) is 0 Å². The van der Waals surface area contributed by atoms with Crippen LogP contribution < -0.4 is 0 Å². The zero-order valence-corrected chi connectivity index (χ0v) is 20.6. The van der Waals surface area contributed by atoms with Gasteiger partial charge in [-0.2, -0.15) is 26.3 Å². The summed E-state index contributed by atoms with van der Waals surface area (Å²) >= 11 is 5.62. The van der Waals surface area contributed by atoms with Gasteiger partial charge >= 0.3 is 17.8 Å². The van der Waals surface area contributed by atoms with Gasteiger partial charge in [-0.15, -0.1) is 47.0 Å². The Kier molecular flexibility index (Phi) is 5.80. The molecule has 1 saturated carbocycles. The number of thioether (sulfide) groups is 4. The normalized spacial score (nSPS) is 34.5. The molecular weight excluding hydrogens is 494 g/mol. The molecule has 2 aliphatic heterocycles. The van der Waals surface area contributed by atoms with Crippen LogP contribution in [0.25, 0.3) is 0 Å². The fraction of sp³-hybridized carbons (Fsp3) is 0.619. The Bertz CT molecular complexity index is 874. The minimum Gasteiger partial charge on any atom is -0.194 e. The van der Waals surface area contributed by atoms with Crippen LogP contribution in [0.15, 0.2) is 42.9 Å². The third-order valence-corrected chi connectivity index (χ3v) is 12.1. The Morgan fingerprint density at radius 3 is 1.32 bits per heavy atom. The molecule has 2 heterocycles. The van der Waals surface area contributed by atoms with Gasteiger partial charge in [0.2, 0.25) is 0 Å². The first-order valence-electron chi connectivity index (χ1n) is 10.1. The molecule has 2 aliphatic carbocycles. The van der Waals surface area contributed by atoms with E-state index in [1.54, 1.807) is 0 Å². The first-order chi connectivity index (χ1) is 14.4. The van der Waals surface area contributed by atoms with Crippen LogP contribution in [0.3, 0.4) is 0 Å². The summed E-state index contributed by atoms with van der Waals surface area (Å²) < 4.78 is 89.2. The molecule has 0 unspecified atom stereocenters. The lowest BCUT2D eigenvalue weighted by atomic mass is 9.68. The van der Waals surface area contributed by atoms with Gasteiger partial charge in [0.1, 0.15) is 0 Å². The number of fused-ring (bicyclic) bond motifs is 4. The highest BCUT2D eigenvalue weighted by molar-refractivity contribution is 8.25. The summed E-state index contributed by atoms with van der Waals surface area (Å²) in [5.74, 6) is -14.0. The molecule has 2 atom stereocenters. The van der Waals surface area contributed by atoms with Crippen molar-refractivity contribution in [1.82, 2.24) is 0 Å². The number of halogens is 6. The molecule has 0 spiro atoms. The summed E-state index contributed by atoms with van der Waals surface area (Å²) in [5.41, 5.74) is -2.38. The monoisotopic (exact) mass is 516 g/mol. The molecule has 0 aromatic rings. The molecule has 31 heavy (non-hydrogen) atoms. The minimum atomic E-state index is -5.48. The van der Waals surface area contributed by atoms with E-state index in [9.17, 15) is 8.78 Å². The summed E-state index contributed by atoms with van der Waals surface area (Å²) in [6.07, 6.45) is 3.68. The lowest BCUT2D eigenvalue weighted by Gasteiger charge is -2.50. The van der Waals surface area contributed by atoms with Crippen molar-refractivity contribution >= 4 is 47.0 Å². The van der Waals surface area contributed by atoms with Crippen LogP contribution in [0.5, 0.6) is 0 Å². The molecule has 0 saturated heterocycles. The first kappa shape index (κ1) is 24.1. The largest absolute Gasteiger partial charge is 0.380 e. The molecule has 1 fully saturated rings. The van der Waals surface area contributed by atoms with Crippen molar-refractivity contribution in [3.8, 4) is 0 Å². The fourth-order valence-electron chi connectivity index (χ4n) is 5.09. The number of allylic oxidation sites excluding steroid dienone is 4. The van der Waals surface area contributed by atoms with Gasteiger partial charge < -0.3 is 0 Å². The Hall–Kier alpha value is -0.0600. The van der Waals surface area contributed by atoms with Gasteiger partial charge in [-0.05, 0) is 47.6 Å². The molecule has 10 heteroatoms. The van der Waals surface area contributed by atoms with E-state index in [1.165, 1.54) is 59.2 Å². The van der Waals surface area contributed by atoms with Crippen molar-refractivity contribution in [1.29, 1.82) is 0 Å². The SMILES string of the molecule is CCSC1=CC2=C3C(=C4C=C(SCC)S[C@]4(CC)[C@@]2(CC)S1)C(F)(F)C(F)(F)C3(F)F. The van der Waals surface area contributed by atoms with Crippen LogP contribution in [-0.4, -0.2) is 38.8 Å². The van der Waals surface area contributed by atoms with Gasteiger partial charge in [0, 0.05) is 19.6 Å². The highest BCUT2D eigenvalue weighted by Crippen LogP contribution is 2.76. The molecular formula is C21H22F6S4. The molecule has 0 aromatic carbocycles. The van der Waals surface area contributed by atoms with Crippen LogP contribution >= 0.6 is 47.0 Å². The Balaban J connectivity index is 2.14. The second-order valence-corrected chi connectivity index (χ2v) is 13.5. The predicted octanol–water partition coefficient (Wildman–Crippen LogP) is 8.49. The quantitative estimate of drug-likeness (QED) is 0.325. The van der Waals surface area contributed by atoms with Crippen molar-refractivity contribution in [3.63, 3.8) is 0 Å². The average Bonchev–Trinajstić information content (AvgIpc) is 3.28. The molecule has 0 aromatic heterocycles. The van der Waals surface area contributed by atoms with Crippen LogP contribution in [0.4, 0.5) is 26.3 Å². The Morgan fingerprint density at radius 1 is 0.677 bits per heavy atom. The van der Waals surface area contributed by atoms with Gasteiger partial charge in [0.15, 0.2) is 0 Å². The summed E-state index contributed by atoms with van der Waals surface area (Å²) in [6.45, 7) is 7.47. The van der Waals surface area contributed by atoms with E-state index in [-0.39, 0.29) is 11.1 Å². The van der Waals surface area contributed by atoms with Gasteiger partial charge in [-0.3, -0.25) is 0 Å². The molecule has 4 rings (SSSR count). The van der Waals surface area contributed by atoms with Crippen molar-refractivity contribution in [2.75, 3.05) is 11.5 Å². The van der Waals surface area contributed by atoms with Crippen molar-refractivity contribution in [3.05, 3.63) is 42.9 Å². The standard InChI is InChI=1S/C21H22F6S4/c1-5-17-11(9-13(30-17)28-7-3)15-16(20(24,25)21(26,27)19(15,22)23)12-10-14(29-8-4)31-18(12,17)6-2/h9-10H,5-8H2,1-4H3/t17-,18-/m0/s1. The molecule has 0 amide bonds. The number of hydrogen-bond donors (Lipinski definition) is 0. The second kappa shape index (κ2) is 7.47.